The maximum absolute atomic E-state index is 12.3. The number of aryl methyl sites for hydroxylation is 1. The van der Waals surface area contributed by atoms with Crippen LogP contribution in [0.5, 0.6) is 0 Å². The minimum absolute atomic E-state index is 0.390. The molecule has 17 heavy (non-hydrogen) atoms. The smallest absolute Gasteiger partial charge is 0.243 e. The predicted octanol–water partition coefficient (Wildman–Crippen LogP) is 1.18. The van der Waals surface area contributed by atoms with E-state index in [4.69, 9.17) is 0 Å². The van der Waals surface area contributed by atoms with Gasteiger partial charge >= 0.3 is 0 Å². The van der Waals surface area contributed by atoms with Crippen LogP contribution in [-0.4, -0.2) is 51.9 Å². The SMILES string of the molecule is Cc1ccccc1S(=O)(=O)N(C)CCN(C)C. The number of likely N-dealkylation sites (N-methyl/N-ethyl adjacent to an activating group) is 2. The molecule has 0 amide bonds. The summed E-state index contributed by atoms with van der Waals surface area (Å²) in [6.45, 7) is 3.01. The molecule has 0 fully saturated rings. The van der Waals surface area contributed by atoms with Gasteiger partial charge in [-0.2, -0.15) is 4.31 Å². The highest BCUT2D eigenvalue weighted by Gasteiger charge is 2.21. The predicted molar refractivity (Wildman–Crippen MR) is 69.5 cm³/mol. The molecule has 0 radical (unpaired) electrons. The Hall–Kier alpha value is -0.910. The zero-order valence-corrected chi connectivity index (χ0v) is 11.7. The van der Waals surface area contributed by atoms with Crippen molar-refractivity contribution >= 4 is 10.0 Å². The van der Waals surface area contributed by atoms with Crippen LogP contribution in [0.15, 0.2) is 29.2 Å². The molecular weight excluding hydrogens is 236 g/mol. The van der Waals surface area contributed by atoms with Gasteiger partial charge in [0, 0.05) is 20.1 Å². The van der Waals surface area contributed by atoms with Crippen molar-refractivity contribution in [3.8, 4) is 0 Å². The number of benzene rings is 1. The molecule has 1 rings (SSSR count). The lowest BCUT2D eigenvalue weighted by Crippen LogP contribution is -2.33. The summed E-state index contributed by atoms with van der Waals surface area (Å²) in [4.78, 5) is 2.35. The fourth-order valence-corrected chi connectivity index (χ4v) is 2.86. The van der Waals surface area contributed by atoms with E-state index < -0.39 is 10.0 Å². The Morgan fingerprint density at radius 3 is 2.18 bits per heavy atom. The highest BCUT2D eigenvalue weighted by atomic mass is 32.2. The summed E-state index contributed by atoms with van der Waals surface area (Å²) in [6, 6.07) is 7.05. The molecule has 0 aliphatic heterocycles. The normalized spacial score (nSPS) is 12.4. The maximum Gasteiger partial charge on any atom is 0.243 e. The van der Waals surface area contributed by atoms with Gasteiger partial charge in [-0.15, -0.1) is 0 Å². The van der Waals surface area contributed by atoms with E-state index in [2.05, 4.69) is 0 Å². The minimum atomic E-state index is -3.36. The minimum Gasteiger partial charge on any atom is -0.308 e. The van der Waals surface area contributed by atoms with E-state index in [1.54, 1.807) is 19.2 Å². The van der Waals surface area contributed by atoms with Crippen molar-refractivity contribution in [1.82, 2.24) is 9.21 Å². The van der Waals surface area contributed by atoms with Crippen LogP contribution in [-0.2, 0) is 10.0 Å². The van der Waals surface area contributed by atoms with E-state index in [0.29, 0.717) is 18.0 Å². The second kappa shape index (κ2) is 5.62. The number of nitrogens with zero attached hydrogens (tertiary/aromatic N) is 2. The standard InChI is InChI=1S/C12H20N2O2S/c1-11-7-5-6-8-12(11)17(15,16)14(4)10-9-13(2)3/h5-8H,9-10H2,1-4H3. The Kier molecular flexibility index (Phi) is 4.68. The Morgan fingerprint density at radius 1 is 1.06 bits per heavy atom. The average Bonchev–Trinajstić information content (AvgIpc) is 2.26. The summed E-state index contributed by atoms with van der Waals surface area (Å²) >= 11 is 0. The van der Waals surface area contributed by atoms with Crippen molar-refractivity contribution in [2.45, 2.75) is 11.8 Å². The molecule has 0 saturated carbocycles. The van der Waals surface area contributed by atoms with Gasteiger partial charge in [-0.25, -0.2) is 8.42 Å². The molecule has 4 nitrogen and oxygen atoms in total. The van der Waals surface area contributed by atoms with Crippen molar-refractivity contribution in [1.29, 1.82) is 0 Å². The van der Waals surface area contributed by atoms with Gasteiger partial charge in [-0.1, -0.05) is 18.2 Å². The van der Waals surface area contributed by atoms with Gasteiger partial charge in [0.15, 0.2) is 0 Å². The van der Waals surface area contributed by atoms with Gasteiger partial charge in [0.2, 0.25) is 10.0 Å². The highest BCUT2D eigenvalue weighted by Crippen LogP contribution is 2.17. The lowest BCUT2D eigenvalue weighted by Gasteiger charge is -2.20. The molecule has 1 aromatic rings. The van der Waals surface area contributed by atoms with Crippen molar-refractivity contribution in [2.24, 2.45) is 0 Å². The number of rotatable bonds is 5. The largest absolute Gasteiger partial charge is 0.308 e. The van der Waals surface area contributed by atoms with Crippen molar-refractivity contribution in [3.63, 3.8) is 0 Å². The second-order valence-electron chi connectivity index (χ2n) is 4.40. The first-order valence-corrected chi connectivity index (χ1v) is 6.96. The lowest BCUT2D eigenvalue weighted by molar-refractivity contribution is 0.358. The molecule has 0 aliphatic carbocycles. The first-order chi connectivity index (χ1) is 7.85. The van der Waals surface area contributed by atoms with Crippen LogP contribution in [0.25, 0.3) is 0 Å². The number of hydrogen-bond donors (Lipinski definition) is 0. The zero-order chi connectivity index (χ0) is 13.1. The molecule has 0 N–H and O–H groups in total. The molecule has 5 heteroatoms. The summed E-state index contributed by atoms with van der Waals surface area (Å²) in [5.41, 5.74) is 0.782. The summed E-state index contributed by atoms with van der Waals surface area (Å²) in [5, 5.41) is 0. The van der Waals surface area contributed by atoms with E-state index in [1.165, 1.54) is 4.31 Å². The molecule has 0 atom stereocenters. The molecular formula is C12H20N2O2S. The lowest BCUT2D eigenvalue weighted by atomic mass is 10.2. The Morgan fingerprint density at radius 2 is 1.65 bits per heavy atom. The average molecular weight is 256 g/mol. The van der Waals surface area contributed by atoms with Crippen LogP contribution in [0, 0.1) is 6.92 Å². The number of hydrogen-bond acceptors (Lipinski definition) is 3. The van der Waals surface area contributed by atoms with Gasteiger partial charge in [0.05, 0.1) is 4.90 Å². The van der Waals surface area contributed by atoms with Gasteiger partial charge < -0.3 is 4.90 Å². The van der Waals surface area contributed by atoms with E-state index in [9.17, 15) is 8.42 Å². The van der Waals surface area contributed by atoms with Gasteiger partial charge in [-0.05, 0) is 32.6 Å². The fraction of sp³-hybridized carbons (Fsp3) is 0.500. The Labute approximate surface area is 104 Å². The van der Waals surface area contributed by atoms with Gasteiger partial charge in [0.1, 0.15) is 0 Å². The van der Waals surface area contributed by atoms with E-state index in [1.807, 2.05) is 38.1 Å². The molecule has 0 spiro atoms. The van der Waals surface area contributed by atoms with E-state index in [-0.39, 0.29) is 0 Å². The second-order valence-corrected chi connectivity index (χ2v) is 6.41. The van der Waals surface area contributed by atoms with Gasteiger partial charge in [-0.3, -0.25) is 0 Å². The monoisotopic (exact) mass is 256 g/mol. The third-order valence-electron chi connectivity index (χ3n) is 2.64. The molecule has 1 aromatic carbocycles. The summed E-state index contributed by atoms with van der Waals surface area (Å²) < 4.78 is 25.9. The molecule has 0 saturated heterocycles. The molecule has 0 unspecified atom stereocenters. The molecule has 0 bridgehead atoms. The first-order valence-electron chi connectivity index (χ1n) is 5.52. The van der Waals surface area contributed by atoms with Crippen LogP contribution >= 0.6 is 0 Å². The third-order valence-corrected chi connectivity index (χ3v) is 4.66. The molecule has 0 aromatic heterocycles. The van der Waals surface area contributed by atoms with Crippen LogP contribution in [0.4, 0.5) is 0 Å². The van der Waals surface area contributed by atoms with E-state index >= 15 is 0 Å². The van der Waals surface area contributed by atoms with Crippen molar-refractivity contribution in [2.75, 3.05) is 34.2 Å². The van der Waals surface area contributed by atoms with Crippen molar-refractivity contribution < 1.29 is 8.42 Å². The van der Waals surface area contributed by atoms with Crippen LogP contribution in [0.2, 0.25) is 0 Å². The maximum atomic E-state index is 12.3. The summed E-state index contributed by atoms with van der Waals surface area (Å²) in [7, 11) is 2.11. The fourth-order valence-electron chi connectivity index (χ4n) is 1.47. The third kappa shape index (κ3) is 3.52. The first kappa shape index (κ1) is 14.2. The summed E-state index contributed by atoms with van der Waals surface area (Å²) in [5.74, 6) is 0. The Bertz CT molecular complexity index is 469. The van der Waals surface area contributed by atoms with E-state index in [0.717, 1.165) is 5.56 Å². The van der Waals surface area contributed by atoms with Crippen molar-refractivity contribution in [3.05, 3.63) is 29.8 Å². The molecule has 0 aliphatic rings. The van der Waals surface area contributed by atoms with Crippen LogP contribution in [0.1, 0.15) is 5.56 Å². The zero-order valence-electron chi connectivity index (χ0n) is 10.8. The molecule has 96 valence electrons. The highest BCUT2D eigenvalue weighted by molar-refractivity contribution is 7.89. The molecule has 0 heterocycles. The van der Waals surface area contributed by atoms with Crippen LogP contribution < -0.4 is 0 Å². The Balaban J connectivity index is 2.92. The summed E-state index contributed by atoms with van der Waals surface area (Å²) in [6.07, 6.45) is 0. The quantitative estimate of drug-likeness (QED) is 0.794. The number of sulfonamides is 1. The van der Waals surface area contributed by atoms with Gasteiger partial charge in [0.25, 0.3) is 0 Å². The van der Waals surface area contributed by atoms with Crippen LogP contribution in [0.3, 0.4) is 0 Å². The topological polar surface area (TPSA) is 40.6 Å².